The summed E-state index contributed by atoms with van der Waals surface area (Å²) in [5, 5.41) is 0. The van der Waals surface area contributed by atoms with E-state index in [2.05, 4.69) is 53.0 Å². The van der Waals surface area contributed by atoms with E-state index in [0.29, 0.717) is 5.92 Å². The molecule has 0 aromatic heterocycles. The Hall–Kier alpha value is 0.700. The molecule has 0 spiro atoms. The third-order valence-electron chi connectivity index (χ3n) is 2.25. The van der Waals surface area contributed by atoms with Gasteiger partial charge in [-0.1, -0.05) is 40.5 Å². The Balaban J connectivity index is 3.61. The van der Waals surface area contributed by atoms with Crippen molar-refractivity contribution in [3.05, 3.63) is 0 Å². The Morgan fingerprint density at radius 3 is 1.92 bits per heavy atom. The Morgan fingerprint density at radius 2 is 1.58 bits per heavy atom. The second kappa shape index (κ2) is 5.43. The van der Waals surface area contributed by atoms with Crippen molar-refractivity contribution in [3.63, 3.8) is 0 Å². The summed E-state index contributed by atoms with van der Waals surface area (Å²) in [6.45, 7) is 8.87. The zero-order valence-electron chi connectivity index (χ0n) is 8.67. The second-order valence-electron chi connectivity index (χ2n) is 4.32. The van der Waals surface area contributed by atoms with Crippen LogP contribution in [-0.2, 0) is 0 Å². The average Bonchev–Trinajstić information content (AvgIpc) is 1.85. The molecule has 0 radical (unpaired) electrons. The number of thiol groups is 2. The van der Waals surface area contributed by atoms with Gasteiger partial charge in [0.25, 0.3) is 0 Å². The maximum Gasteiger partial charge on any atom is 0.0574 e. The average molecular weight is 206 g/mol. The maximum atomic E-state index is 4.55. The van der Waals surface area contributed by atoms with Crippen molar-refractivity contribution in [2.75, 3.05) is 0 Å². The van der Waals surface area contributed by atoms with Crippen molar-refractivity contribution < 1.29 is 0 Å². The van der Waals surface area contributed by atoms with Crippen LogP contribution in [-0.4, -0.2) is 4.08 Å². The minimum absolute atomic E-state index is 0.0745. The first-order chi connectivity index (χ1) is 5.36. The van der Waals surface area contributed by atoms with E-state index in [1.54, 1.807) is 0 Å². The van der Waals surface area contributed by atoms with Gasteiger partial charge in [0, 0.05) is 0 Å². The molecule has 0 N–H and O–H groups in total. The molecular weight excluding hydrogens is 184 g/mol. The Morgan fingerprint density at radius 1 is 1.08 bits per heavy atom. The molecule has 0 aromatic carbocycles. The van der Waals surface area contributed by atoms with E-state index in [-0.39, 0.29) is 4.08 Å². The van der Waals surface area contributed by atoms with Gasteiger partial charge < -0.3 is 0 Å². The van der Waals surface area contributed by atoms with Crippen LogP contribution in [0.15, 0.2) is 0 Å². The van der Waals surface area contributed by atoms with Crippen molar-refractivity contribution in [3.8, 4) is 0 Å². The van der Waals surface area contributed by atoms with Crippen molar-refractivity contribution >= 4 is 25.3 Å². The molecule has 0 saturated carbocycles. The van der Waals surface area contributed by atoms with Crippen LogP contribution >= 0.6 is 25.3 Å². The quantitative estimate of drug-likeness (QED) is 0.492. The molecule has 0 rings (SSSR count). The van der Waals surface area contributed by atoms with Crippen LogP contribution in [0.4, 0.5) is 0 Å². The van der Waals surface area contributed by atoms with Crippen LogP contribution in [0, 0.1) is 11.8 Å². The summed E-state index contributed by atoms with van der Waals surface area (Å²) < 4.78 is -0.0745. The topological polar surface area (TPSA) is 0 Å². The maximum absolute atomic E-state index is 4.55. The van der Waals surface area contributed by atoms with E-state index in [9.17, 15) is 0 Å². The van der Waals surface area contributed by atoms with Gasteiger partial charge in [-0.3, -0.25) is 0 Å². The normalized spacial score (nSPS) is 13.0. The molecular formula is C10H22S2. The highest BCUT2D eigenvalue weighted by Crippen LogP contribution is 2.34. The molecule has 0 fully saturated rings. The highest BCUT2D eigenvalue weighted by molar-refractivity contribution is 8.00. The summed E-state index contributed by atoms with van der Waals surface area (Å²) in [4.78, 5) is 0. The third kappa shape index (κ3) is 5.36. The second-order valence-corrected chi connectivity index (χ2v) is 6.27. The lowest BCUT2D eigenvalue weighted by Gasteiger charge is -2.27. The lowest BCUT2D eigenvalue weighted by Crippen LogP contribution is -2.21. The fourth-order valence-electron chi connectivity index (χ4n) is 1.06. The lowest BCUT2D eigenvalue weighted by atomic mass is 10.00. The molecule has 2 heteroatoms. The van der Waals surface area contributed by atoms with Crippen LogP contribution < -0.4 is 0 Å². The zero-order valence-corrected chi connectivity index (χ0v) is 10.5. The fraction of sp³-hybridized carbons (Fsp3) is 1.00. The van der Waals surface area contributed by atoms with E-state index in [1.807, 2.05) is 0 Å². The molecule has 0 bridgehead atoms. The molecule has 0 heterocycles. The van der Waals surface area contributed by atoms with Crippen LogP contribution in [0.1, 0.15) is 47.0 Å². The van der Waals surface area contributed by atoms with Crippen molar-refractivity contribution in [1.29, 1.82) is 0 Å². The summed E-state index contributed by atoms with van der Waals surface area (Å²) in [7, 11) is 0. The van der Waals surface area contributed by atoms with Gasteiger partial charge in [-0.05, 0) is 18.3 Å². The molecule has 0 aliphatic rings. The van der Waals surface area contributed by atoms with Gasteiger partial charge in [0.2, 0.25) is 0 Å². The molecule has 0 saturated heterocycles. The van der Waals surface area contributed by atoms with Crippen LogP contribution in [0.25, 0.3) is 0 Å². The summed E-state index contributed by atoms with van der Waals surface area (Å²) >= 11 is 9.10. The predicted octanol–water partition coefficient (Wildman–Crippen LogP) is 4.02. The first-order valence-electron chi connectivity index (χ1n) is 4.81. The smallest absolute Gasteiger partial charge is 0.0574 e. The van der Waals surface area contributed by atoms with Crippen LogP contribution in [0.3, 0.4) is 0 Å². The van der Waals surface area contributed by atoms with Gasteiger partial charge in [-0.25, -0.2) is 0 Å². The van der Waals surface area contributed by atoms with Gasteiger partial charge in [0.15, 0.2) is 0 Å². The Bertz CT molecular complexity index is 117. The first kappa shape index (κ1) is 12.7. The van der Waals surface area contributed by atoms with E-state index in [4.69, 9.17) is 0 Å². The SMILES string of the molecule is CC(C)CCCC(S)(S)C(C)C. The van der Waals surface area contributed by atoms with Gasteiger partial charge in [-0.2, -0.15) is 25.3 Å². The van der Waals surface area contributed by atoms with Gasteiger partial charge in [0.05, 0.1) is 4.08 Å². The zero-order chi connectivity index (χ0) is 9.78. The van der Waals surface area contributed by atoms with Gasteiger partial charge >= 0.3 is 0 Å². The standard InChI is InChI=1S/C10H22S2/c1-8(2)6-5-7-10(11,12)9(3)4/h8-9,11-12H,5-7H2,1-4H3. The molecule has 0 nitrogen and oxygen atoms in total. The predicted molar refractivity (Wildman–Crippen MR) is 64.2 cm³/mol. The lowest BCUT2D eigenvalue weighted by molar-refractivity contribution is 0.476. The van der Waals surface area contributed by atoms with Crippen molar-refractivity contribution in [1.82, 2.24) is 0 Å². The summed E-state index contributed by atoms with van der Waals surface area (Å²) in [6.07, 6.45) is 3.63. The van der Waals surface area contributed by atoms with Crippen LogP contribution in [0.2, 0.25) is 0 Å². The molecule has 74 valence electrons. The summed E-state index contributed by atoms with van der Waals surface area (Å²) in [5.74, 6) is 1.34. The molecule has 0 atom stereocenters. The van der Waals surface area contributed by atoms with Gasteiger partial charge in [0.1, 0.15) is 0 Å². The monoisotopic (exact) mass is 206 g/mol. The Kier molecular flexibility index (Phi) is 5.75. The van der Waals surface area contributed by atoms with Gasteiger partial charge in [-0.15, -0.1) is 0 Å². The molecule has 12 heavy (non-hydrogen) atoms. The molecule has 0 aromatic rings. The molecule has 0 aliphatic heterocycles. The number of hydrogen-bond acceptors (Lipinski definition) is 2. The minimum Gasteiger partial charge on any atom is -0.162 e. The first-order valence-corrected chi connectivity index (χ1v) is 5.70. The van der Waals surface area contributed by atoms with E-state index in [1.165, 1.54) is 12.8 Å². The summed E-state index contributed by atoms with van der Waals surface area (Å²) in [5.41, 5.74) is 0. The highest BCUT2D eigenvalue weighted by Gasteiger charge is 2.23. The third-order valence-corrected chi connectivity index (χ3v) is 3.73. The molecule has 0 unspecified atom stereocenters. The number of rotatable bonds is 5. The fourth-order valence-corrected chi connectivity index (χ4v) is 1.38. The highest BCUT2D eigenvalue weighted by atomic mass is 32.2. The van der Waals surface area contributed by atoms with Crippen molar-refractivity contribution in [2.24, 2.45) is 11.8 Å². The molecule has 0 amide bonds. The van der Waals surface area contributed by atoms with E-state index in [0.717, 1.165) is 12.3 Å². The Labute approximate surface area is 88.3 Å². The van der Waals surface area contributed by atoms with E-state index >= 15 is 0 Å². The summed E-state index contributed by atoms with van der Waals surface area (Å²) in [6, 6.07) is 0. The van der Waals surface area contributed by atoms with E-state index < -0.39 is 0 Å². The van der Waals surface area contributed by atoms with Crippen LogP contribution in [0.5, 0.6) is 0 Å². The molecule has 0 aliphatic carbocycles. The van der Waals surface area contributed by atoms with Crippen molar-refractivity contribution in [2.45, 2.75) is 51.0 Å². The number of hydrogen-bond donors (Lipinski definition) is 2. The minimum atomic E-state index is -0.0745. The largest absolute Gasteiger partial charge is 0.162 e.